The molecule has 0 spiro atoms. The summed E-state index contributed by atoms with van der Waals surface area (Å²) >= 11 is 0. The van der Waals surface area contributed by atoms with Crippen molar-refractivity contribution in [3.63, 3.8) is 0 Å². The van der Waals surface area contributed by atoms with Crippen molar-refractivity contribution < 1.29 is 0 Å². The number of hydrogen-bond donors (Lipinski definition) is 1. The fourth-order valence-corrected chi connectivity index (χ4v) is 2.30. The van der Waals surface area contributed by atoms with Gasteiger partial charge in [-0.2, -0.15) is 5.26 Å². The van der Waals surface area contributed by atoms with Crippen molar-refractivity contribution in [1.29, 1.82) is 5.26 Å². The first-order chi connectivity index (χ1) is 4.92. The number of piperidine rings is 1. The lowest BCUT2D eigenvalue weighted by molar-refractivity contribution is 0.305. The molecule has 0 amide bonds. The third-order valence-electron chi connectivity index (χ3n) is 2.89. The molecule has 3 heteroatoms. The molecule has 1 aliphatic heterocycles. The molecule has 1 unspecified atom stereocenters. The number of hydrogen-bond acceptors (Lipinski definition) is 2. The van der Waals surface area contributed by atoms with Crippen molar-refractivity contribution >= 4 is 12.4 Å². The maximum Gasteiger partial charge on any atom is 0.0662 e. The normalized spacial score (nSPS) is 40.8. The third kappa shape index (κ3) is 1.36. The van der Waals surface area contributed by atoms with Crippen LogP contribution in [0.25, 0.3) is 0 Å². The van der Waals surface area contributed by atoms with Gasteiger partial charge in [-0.15, -0.1) is 12.4 Å². The molecule has 2 nitrogen and oxygen atoms in total. The lowest BCUT2D eigenvalue weighted by Gasteiger charge is -2.24. The summed E-state index contributed by atoms with van der Waals surface area (Å²) in [7, 11) is 0. The molecule has 0 aromatic carbocycles. The largest absolute Gasteiger partial charge is 0.316 e. The van der Waals surface area contributed by atoms with E-state index < -0.39 is 0 Å². The SMILES string of the molecule is Cl.N#CC1[C@@H]2CC[C@H]1CNC2. The fourth-order valence-electron chi connectivity index (χ4n) is 2.30. The highest BCUT2D eigenvalue weighted by Gasteiger charge is 2.38. The van der Waals surface area contributed by atoms with Crippen molar-refractivity contribution in [2.45, 2.75) is 12.8 Å². The van der Waals surface area contributed by atoms with Crippen LogP contribution in [0.2, 0.25) is 0 Å². The average Bonchev–Trinajstić information content (AvgIpc) is 2.19. The summed E-state index contributed by atoms with van der Waals surface area (Å²) in [6, 6.07) is 2.43. The van der Waals surface area contributed by atoms with Crippen LogP contribution < -0.4 is 5.32 Å². The maximum atomic E-state index is 8.79. The molecule has 0 aromatic heterocycles. The molecule has 1 aliphatic carbocycles. The van der Waals surface area contributed by atoms with E-state index in [4.69, 9.17) is 5.26 Å². The first kappa shape index (κ1) is 8.83. The Bertz CT molecular complexity index is 159. The molecule has 1 saturated heterocycles. The predicted molar refractivity (Wildman–Crippen MR) is 45.4 cm³/mol. The first-order valence-electron chi connectivity index (χ1n) is 4.02. The zero-order valence-corrected chi connectivity index (χ0v) is 7.23. The van der Waals surface area contributed by atoms with Crippen LogP contribution in [0.15, 0.2) is 0 Å². The van der Waals surface area contributed by atoms with Crippen LogP contribution in [0.4, 0.5) is 0 Å². The standard InChI is InChI=1S/C8H12N2.ClH/c9-3-8-6-1-2-7(8)5-10-4-6;/h6-8,10H,1-2,4-5H2;1H/t6-,7+,8?;. The van der Waals surface area contributed by atoms with E-state index in [0.717, 1.165) is 13.1 Å². The van der Waals surface area contributed by atoms with Gasteiger partial charge in [-0.1, -0.05) is 0 Å². The Labute approximate surface area is 73.4 Å². The molecule has 1 heterocycles. The summed E-state index contributed by atoms with van der Waals surface area (Å²) in [5.74, 6) is 1.72. The summed E-state index contributed by atoms with van der Waals surface area (Å²) in [6.07, 6.45) is 2.55. The van der Waals surface area contributed by atoms with Gasteiger partial charge in [-0.25, -0.2) is 0 Å². The molecule has 1 N–H and O–H groups in total. The van der Waals surface area contributed by atoms with E-state index >= 15 is 0 Å². The second-order valence-corrected chi connectivity index (χ2v) is 3.41. The highest BCUT2D eigenvalue weighted by molar-refractivity contribution is 5.85. The minimum absolute atomic E-state index is 0. The van der Waals surface area contributed by atoms with E-state index in [1.165, 1.54) is 12.8 Å². The van der Waals surface area contributed by atoms with Crippen LogP contribution in [-0.4, -0.2) is 13.1 Å². The second-order valence-electron chi connectivity index (χ2n) is 3.41. The molecule has 1 saturated carbocycles. The van der Waals surface area contributed by atoms with Gasteiger partial charge in [0, 0.05) is 0 Å². The first-order valence-corrected chi connectivity index (χ1v) is 4.02. The van der Waals surface area contributed by atoms with E-state index in [-0.39, 0.29) is 12.4 Å². The van der Waals surface area contributed by atoms with Crippen LogP contribution in [0.1, 0.15) is 12.8 Å². The molecular weight excluding hydrogens is 160 g/mol. The average molecular weight is 173 g/mol. The highest BCUT2D eigenvalue weighted by Crippen LogP contribution is 2.38. The molecule has 2 aliphatic rings. The Balaban J connectivity index is 0.000000605. The van der Waals surface area contributed by atoms with Crippen LogP contribution in [-0.2, 0) is 0 Å². The molecule has 11 heavy (non-hydrogen) atoms. The molecule has 2 bridgehead atoms. The van der Waals surface area contributed by atoms with E-state index in [2.05, 4.69) is 11.4 Å². The van der Waals surface area contributed by atoms with Crippen LogP contribution in [0.5, 0.6) is 0 Å². The van der Waals surface area contributed by atoms with E-state index in [1.54, 1.807) is 0 Å². The minimum atomic E-state index is 0. The zero-order chi connectivity index (χ0) is 6.97. The molecule has 0 radical (unpaired) electrons. The topological polar surface area (TPSA) is 35.8 Å². The fraction of sp³-hybridized carbons (Fsp3) is 0.875. The van der Waals surface area contributed by atoms with Gasteiger partial charge in [-0.05, 0) is 37.8 Å². The third-order valence-corrected chi connectivity index (χ3v) is 2.89. The van der Waals surface area contributed by atoms with Gasteiger partial charge in [0.1, 0.15) is 0 Å². The Hall–Kier alpha value is -0.260. The van der Waals surface area contributed by atoms with Crippen LogP contribution in [0, 0.1) is 29.1 Å². The Morgan fingerprint density at radius 1 is 1.18 bits per heavy atom. The van der Waals surface area contributed by atoms with Gasteiger partial charge >= 0.3 is 0 Å². The lowest BCUT2D eigenvalue weighted by Crippen LogP contribution is -2.37. The Morgan fingerprint density at radius 3 is 2.09 bits per heavy atom. The summed E-state index contributed by atoms with van der Waals surface area (Å²) in [5.41, 5.74) is 0. The monoisotopic (exact) mass is 172 g/mol. The molecular formula is C8H13ClN2. The second kappa shape index (κ2) is 3.42. The zero-order valence-electron chi connectivity index (χ0n) is 6.42. The maximum absolute atomic E-state index is 8.79. The summed E-state index contributed by atoms with van der Waals surface area (Å²) in [5, 5.41) is 12.2. The van der Waals surface area contributed by atoms with Gasteiger partial charge in [0.25, 0.3) is 0 Å². The van der Waals surface area contributed by atoms with Crippen molar-refractivity contribution in [3.05, 3.63) is 0 Å². The number of nitrogens with zero attached hydrogens (tertiary/aromatic N) is 1. The van der Waals surface area contributed by atoms with Gasteiger partial charge in [-0.3, -0.25) is 0 Å². The lowest BCUT2D eigenvalue weighted by atomic mass is 9.88. The number of nitriles is 1. The number of rotatable bonds is 0. The van der Waals surface area contributed by atoms with Crippen molar-refractivity contribution in [1.82, 2.24) is 5.32 Å². The summed E-state index contributed by atoms with van der Waals surface area (Å²) in [4.78, 5) is 0. The Kier molecular flexibility index (Phi) is 2.75. The van der Waals surface area contributed by atoms with Gasteiger partial charge < -0.3 is 5.32 Å². The van der Waals surface area contributed by atoms with Gasteiger partial charge in [0.15, 0.2) is 0 Å². The summed E-state index contributed by atoms with van der Waals surface area (Å²) in [6.45, 7) is 2.16. The summed E-state index contributed by atoms with van der Waals surface area (Å²) < 4.78 is 0. The van der Waals surface area contributed by atoms with Crippen molar-refractivity contribution in [2.75, 3.05) is 13.1 Å². The predicted octanol–water partition coefficient (Wildman–Crippen LogP) is 1.18. The molecule has 62 valence electrons. The number of fused-ring (bicyclic) bond motifs is 2. The van der Waals surface area contributed by atoms with E-state index in [0.29, 0.717) is 17.8 Å². The van der Waals surface area contributed by atoms with E-state index in [1.807, 2.05) is 0 Å². The smallest absolute Gasteiger partial charge is 0.0662 e. The molecule has 2 fully saturated rings. The van der Waals surface area contributed by atoms with Crippen molar-refractivity contribution in [3.8, 4) is 6.07 Å². The van der Waals surface area contributed by atoms with Crippen molar-refractivity contribution in [2.24, 2.45) is 17.8 Å². The van der Waals surface area contributed by atoms with E-state index in [9.17, 15) is 0 Å². The van der Waals surface area contributed by atoms with Gasteiger partial charge in [0.05, 0.1) is 12.0 Å². The van der Waals surface area contributed by atoms with Crippen LogP contribution >= 0.6 is 12.4 Å². The molecule has 2 rings (SSSR count). The quantitative estimate of drug-likeness (QED) is 0.596. The van der Waals surface area contributed by atoms with Crippen LogP contribution in [0.3, 0.4) is 0 Å². The Morgan fingerprint density at radius 2 is 1.73 bits per heavy atom. The number of nitrogens with one attached hydrogen (secondary N) is 1. The molecule has 3 atom stereocenters. The van der Waals surface area contributed by atoms with Gasteiger partial charge in [0.2, 0.25) is 0 Å². The number of halogens is 1. The molecule has 0 aromatic rings. The minimum Gasteiger partial charge on any atom is -0.316 e. The highest BCUT2D eigenvalue weighted by atomic mass is 35.5.